The van der Waals surface area contributed by atoms with Gasteiger partial charge in [0, 0.05) is 31.2 Å². The number of rotatable bonds is 7. The summed E-state index contributed by atoms with van der Waals surface area (Å²) in [6.07, 6.45) is 8.46. The summed E-state index contributed by atoms with van der Waals surface area (Å²) in [6.45, 7) is 10.8. The predicted molar refractivity (Wildman–Crippen MR) is 138 cm³/mol. The molecule has 0 aromatic carbocycles. The van der Waals surface area contributed by atoms with Crippen LogP contribution in [-0.4, -0.2) is 104 Å². The maximum Gasteiger partial charge on any atom is 0.231 e. The maximum atomic E-state index is 11.2. The number of primary amides is 1. The molecular weight excluding hydrogens is 505 g/mol. The number of piperidine rings is 3. The SMILES string of the molecule is CCNC(=NCC1(N2CCCCC2)CCN(C)CC1)NC1CCN(CC(N)=O)CC1.I. The van der Waals surface area contributed by atoms with Crippen LogP contribution in [0.1, 0.15) is 51.9 Å². The second-order valence-corrected chi connectivity index (χ2v) is 9.43. The molecule has 31 heavy (non-hydrogen) atoms. The molecule has 9 heteroatoms. The van der Waals surface area contributed by atoms with E-state index in [4.69, 9.17) is 10.7 Å². The minimum Gasteiger partial charge on any atom is -0.369 e. The minimum atomic E-state index is -0.238. The normalized spacial score (nSPS) is 24.4. The zero-order valence-electron chi connectivity index (χ0n) is 19.6. The van der Waals surface area contributed by atoms with Crippen LogP contribution in [0.15, 0.2) is 4.99 Å². The van der Waals surface area contributed by atoms with Gasteiger partial charge in [-0.2, -0.15) is 0 Å². The lowest BCUT2D eigenvalue weighted by atomic mass is 9.84. The second-order valence-electron chi connectivity index (χ2n) is 9.43. The first-order valence-electron chi connectivity index (χ1n) is 12.0. The molecule has 0 bridgehead atoms. The van der Waals surface area contributed by atoms with Crippen molar-refractivity contribution in [1.29, 1.82) is 0 Å². The minimum absolute atomic E-state index is 0. The number of nitrogens with zero attached hydrogens (tertiary/aromatic N) is 4. The average molecular weight is 550 g/mol. The van der Waals surface area contributed by atoms with Gasteiger partial charge in [0.1, 0.15) is 0 Å². The van der Waals surface area contributed by atoms with Crippen molar-refractivity contribution in [3.63, 3.8) is 0 Å². The number of guanidine groups is 1. The Morgan fingerprint density at radius 2 is 1.71 bits per heavy atom. The van der Waals surface area contributed by atoms with E-state index in [0.29, 0.717) is 12.6 Å². The number of hydrogen-bond acceptors (Lipinski definition) is 5. The Balaban J connectivity index is 0.00000341. The molecule has 0 spiro atoms. The Morgan fingerprint density at radius 3 is 2.29 bits per heavy atom. The fraction of sp³-hybridized carbons (Fsp3) is 0.909. The van der Waals surface area contributed by atoms with Crippen molar-refractivity contribution in [1.82, 2.24) is 25.3 Å². The molecule has 1 amide bonds. The van der Waals surface area contributed by atoms with E-state index in [-0.39, 0.29) is 35.4 Å². The quantitative estimate of drug-likeness (QED) is 0.250. The molecule has 8 nitrogen and oxygen atoms in total. The highest BCUT2D eigenvalue weighted by Crippen LogP contribution is 2.31. The Bertz CT molecular complexity index is 566. The summed E-state index contributed by atoms with van der Waals surface area (Å²) in [7, 11) is 2.24. The summed E-state index contributed by atoms with van der Waals surface area (Å²) in [5.41, 5.74) is 5.55. The first-order valence-corrected chi connectivity index (χ1v) is 12.0. The number of carbonyl (C=O) groups is 1. The first-order chi connectivity index (χ1) is 14.5. The number of hydrogen-bond donors (Lipinski definition) is 3. The van der Waals surface area contributed by atoms with Crippen molar-refractivity contribution < 1.29 is 4.79 Å². The third-order valence-electron chi connectivity index (χ3n) is 7.13. The molecule has 3 aliphatic rings. The van der Waals surface area contributed by atoms with Crippen LogP contribution in [0.2, 0.25) is 0 Å². The lowest BCUT2D eigenvalue weighted by Gasteiger charge is -2.49. The highest BCUT2D eigenvalue weighted by atomic mass is 127. The molecule has 3 heterocycles. The number of carbonyl (C=O) groups excluding carboxylic acids is 1. The predicted octanol–water partition coefficient (Wildman–Crippen LogP) is 1.06. The molecule has 0 unspecified atom stereocenters. The van der Waals surface area contributed by atoms with Crippen LogP contribution in [0, 0.1) is 0 Å². The van der Waals surface area contributed by atoms with Gasteiger partial charge in [0.05, 0.1) is 13.1 Å². The van der Waals surface area contributed by atoms with Crippen LogP contribution in [0.25, 0.3) is 0 Å². The van der Waals surface area contributed by atoms with E-state index >= 15 is 0 Å². The maximum absolute atomic E-state index is 11.2. The van der Waals surface area contributed by atoms with E-state index in [9.17, 15) is 4.79 Å². The molecule has 3 fully saturated rings. The van der Waals surface area contributed by atoms with Gasteiger partial charge < -0.3 is 21.3 Å². The Hall–Kier alpha value is -0.650. The topological polar surface area (TPSA) is 89.2 Å². The molecular formula is C22H44IN7O. The van der Waals surface area contributed by atoms with Crippen molar-refractivity contribution in [2.75, 3.05) is 66.0 Å². The lowest BCUT2D eigenvalue weighted by molar-refractivity contribution is -0.119. The van der Waals surface area contributed by atoms with E-state index in [1.54, 1.807) is 0 Å². The number of aliphatic imine (C=N–C) groups is 1. The third kappa shape index (κ3) is 8.01. The van der Waals surface area contributed by atoms with E-state index in [0.717, 1.165) is 58.1 Å². The fourth-order valence-electron chi connectivity index (χ4n) is 5.17. The summed E-state index contributed by atoms with van der Waals surface area (Å²) in [6, 6.07) is 0.398. The van der Waals surface area contributed by atoms with Gasteiger partial charge in [0.15, 0.2) is 5.96 Å². The molecule has 4 N–H and O–H groups in total. The summed E-state index contributed by atoms with van der Waals surface area (Å²) in [5, 5.41) is 7.13. The van der Waals surface area contributed by atoms with Gasteiger partial charge in [0.2, 0.25) is 5.91 Å². The van der Waals surface area contributed by atoms with E-state index in [2.05, 4.69) is 39.3 Å². The Labute approximate surface area is 205 Å². The second kappa shape index (κ2) is 13.2. The van der Waals surface area contributed by atoms with Crippen LogP contribution in [0.4, 0.5) is 0 Å². The highest BCUT2D eigenvalue weighted by molar-refractivity contribution is 14.0. The molecule has 3 saturated heterocycles. The summed E-state index contributed by atoms with van der Waals surface area (Å²) < 4.78 is 0. The van der Waals surface area contributed by atoms with Crippen molar-refractivity contribution >= 4 is 35.8 Å². The third-order valence-corrected chi connectivity index (χ3v) is 7.13. The van der Waals surface area contributed by atoms with Gasteiger partial charge >= 0.3 is 0 Å². The fourth-order valence-corrected chi connectivity index (χ4v) is 5.17. The number of likely N-dealkylation sites (tertiary alicyclic amines) is 3. The monoisotopic (exact) mass is 549 g/mol. The zero-order chi connectivity index (χ0) is 21.4. The molecule has 0 aromatic rings. The molecule has 180 valence electrons. The highest BCUT2D eigenvalue weighted by Gasteiger charge is 2.39. The molecule has 3 aliphatic heterocycles. The molecule has 0 aliphatic carbocycles. The smallest absolute Gasteiger partial charge is 0.231 e. The van der Waals surface area contributed by atoms with E-state index < -0.39 is 0 Å². The van der Waals surface area contributed by atoms with Gasteiger partial charge in [-0.3, -0.25) is 19.6 Å². The number of nitrogens with one attached hydrogen (secondary N) is 2. The molecule has 3 rings (SSSR count). The molecule has 0 saturated carbocycles. The van der Waals surface area contributed by atoms with Crippen LogP contribution < -0.4 is 16.4 Å². The van der Waals surface area contributed by atoms with Gasteiger partial charge in [-0.15, -0.1) is 24.0 Å². The number of halogens is 1. The summed E-state index contributed by atoms with van der Waals surface area (Å²) in [5.74, 6) is 0.707. The molecule has 0 aromatic heterocycles. The molecule has 0 atom stereocenters. The van der Waals surface area contributed by atoms with Gasteiger partial charge in [0.25, 0.3) is 0 Å². The summed E-state index contributed by atoms with van der Waals surface area (Å²) >= 11 is 0. The Kier molecular flexibility index (Phi) is 11.3. The van der Waals surface area contributed by atoms with Crippen LogP contribution in [-0.2, 0) is 4.79 Å². The van der Waals surface area contributed by atoms with Crippen molar-refractivity contribution in [2.24, 2.45) is 10.7 Å². The van der Waals surface area contributed by atoms with Crippen LogP contribution >= 0.6 is 24.0 Å². The van der Waals surface area contributed by atoms with Gasteiger partial charge in [-0.25, -0.2) is 0 Å². The van der Waals surface area contributed by atoms with Crippen LogP contribution in [0.3, 0.4) is 0 Å². The van der Waals surface area contributed by atoms with Crippen LogP contribution in [0.5, 0.6) is 0 Å². The number of nitrogens with two attached hydrogens (primary N) is 1. The first kappa shape index (κ1) is 26.6. The average Bonchev–Trinajstić information content (AvgIpc) is 2.75. The van der Waals surface area contributed by atoms with Crippen molar-refractivity contribution in [2.45, 2.75) is 63.5 Å². The summed E-state index contributed by atoms with van der Waals surface area (Å²) in [4.78, 5) is 23.6. The number of amides is 1. The van der Waals surface area contributed by atoms with Crippen molar-refractivity contribution in [3.05, 3.63) is 0 Å². The van der Waals surface area contributed by atoms with E-state index in [1.807, 2.05) is 0 Å². The van der Waals surface area contributed by atoms with Gasteiger partial charge in [-0.05, 0) is 78.7 Å². The zero-order valence-corrected chi connectivity index (χ0v) is 21.9. The largest absolute Gasteiger partial charge is 0.369 e. The molecule has 0 radical (unpaired) electrons. The van der Waals surface area contributed by atoms with Gasteiger partial charge in [-0.1, -0.05) is 6.42 Å². The van der Waals surface area contributed by atoms with E-state index in [1.165, 1.54) is 45.2 Å². The van der Waals surface area contributed by atoms with Crippen molar-refractivity contribution in [3.8, 4) is 0 Å². The standard InChI is InChI=1S/C22H43N7O.HI/c1-3-24-21(26-19-7-13-28(14-8-19)17-20(23)30)25-18-22(9-15-27(2)16-10-22)29-11-5-4-6-12-29;/h19H,3-18H2,1-2H3,(H2,23,30)(H2,24,25,26);1H. The Morgan fingerprint density at radius 1 is 1.06 bits per heavy atom. The lowest BCUT2D eigenvalue weighted by Crippen LogP contribution is -2.58.